The van der Waals surface area contributed by atoms with Gasteiger partial charge in [-0.05, 0) is 49.8 Å². The van der Waals surface area contributed by atoms with Crippen LogP contribution in [0.5, 0.6) is 0 Å². The van der Waals surface area contributed by atoms with Crippen molar-refractivity contribution in [3.8, 4) is 0 Å². The number of nitrogens with zero attached hydrogens (tertiary/aromatic N) is 1. The predicted molar refractivity (Wildman–Crippen MR) is 97.9 cm³/mol. The minimum Gasteiger partial charge on any atom is -0.357 e. The lowest BCUT2D eigenvalue weighted by Gasteiger charge is -2.15. The highest BCUT2D eigenvalue weighted by atomic mass is 32.2. The van der Waals surface area contributed by atoms with Crippen LogP contribution in [-0.2, 0) is 9.84 Å². The van der Waals surface area contributed by atoms with Gasteiger partial charge in [0.25, 0.3) is 0 Å². The van der Waals surface area contributed by atoms with E-state index in [0.717, 1.165) is 23.6 Å². The van der Waals surface area contributed by atoms with Crippen LogP contribution in [0.2, 0.25) is 0 Å². The molecule has 0 aliphatic carbocycles. The molecule has 0 saturated carbocycles. The topological polar surface area (TPSA) is 70.6 Å². The van der Waals surface area contributed by atoms with E-state index >= 15 is 0 Å². The Labute approximate surface area is 147 Å². The van der Waals surface area contributed by atoms with Gasteiger partial charge in [-0.15, -0.1) is 11.8 Å². The molecule has 24 heavy (non-hydrogen) atoms. The monoisotopic (exact) mass is 373 g/mol. The smallest absolute Gasteiger partial charge is 0.191 e. The molecule has 1 aromatic rings. The number of aliphatic imine (C=N–C) groups is 1. The van der Waals surface area contributed by atoms with Crippen LogP contribution in [0.15, 0.2) is 34.2 Å². The van der Waals surface area contributed by atoms with E-state index in [1.54, 1.807) is 23.9 Å². The molecule has 1 atom stereocenters. The quantitative estimate of drug-likeness (QED) is 0.331. The van der Waals surface area contributed by atoms with Crippen molar-refractivity contribution in [1.29, 1.82) is 0 Å². The third-order valence-electron chi connectivity index (χ3n) is 3.57. The number of thioether (sulfide) groups is 1. The normalized spacial score (nSPS) is 20.1. The van der Waals surface area contributed by atoms with Gasteiger partial charge in [0.15, 0.2) is 15.8 Å². The highest BCUT2D eigenvalue weighted by Crippen LogP contribution is 2.18. The summed E-state index contributed by atoms with van der Waals surface area (Å²) in [5.41, 5.74) is 0. The Hall–Kier alpha value is -1.28. The molecule has 1 aliphatic rings. The summed E-state index contributed by atoms with van der Waals surface area (Å²) < 4.78 is 35.8. The second-order valence-electron chi connectivity index (χ2n) is 5.66. The average Bonchev–Trinajstić information content (AvgIpc) is 2.88. The van der Waals surface area contributed by atoms with Crippen molar-refractivity contribution in [1.82, 2.24) is 10.6 Å². The van der Waals surface area contributed by atoms with Crippen LogP contribution in [0.1, 0.15) is 19.8 Å². The molecule has 0 radical (unpaired) electrons. The van der Waals surface area contributed by atoms with Crippen LogP contribution >= 0.6 is 11.8 Å². The number of halogens is 1. The zero-order valence-electron chi connectivity index (χ0n) is 13.8. The number of hydrogen-bond donors (Lipinski definition) is 2. The fraction of sp³-hybridized carbons (Fsp3) is 0.562. The summed E-state index contributed by atoms with van der Waals surface area (Å²) in [6.45, 7) is 3.37. The van der Waals surface area contributed by atoms with E-state index in [-0.39, 0.29) is 23.4 Å². The summed E-state index contributed by atoms with van der Waals surface area (Å²) >= 11 is 1.67. The third-order valence-corrected chi connectivity index (χ3v) is 6.44. The van der Waals surface area contributed by atoms with Crippen LogP contribution in [0.3, 0.4) is 0 Å². The van der Waals surface area contributed by atoms with E-state index in [0.29, 0.717) is 18.9 Å². The maximum Gasteiger partial charge on any atom is 0.191 e. The van der Waals surface area contributed by atoms with Crippen molar-refractivity contribution in [2.75, 3.05) is 30.3 Å². The first-order valence-electron chi connectivity index (χ1n) is 8.12. The molecule has 1 fully saturated rings. The molecule has 1 aliphatic heterocycles. The molecule has 2 N–H and O–H groups in total. The lowest BCUT2D eigenvalue weighted by atomic mass is 10.3. The molecule has 1 heterocycles. The summed E-state index contributed by atoms with van der Waals surface area (Å²) in [5.74, 6) is 1.77. The van der Waals surface area contributed by atoms with Gasteiger partial charge in [-0.2, -0.15) is 0 Å². The summed E-state index contributed by atoms with van der Waals surface area (Å²) in [7, 11) is -2.89. The summed E-state index contributed by atoms with van der Waals surface area (Å²) in [4.78, 5) is 5.54. The van der Waals surface area contributed by atoms with Crippen molar-refractivity contribution in [2.45, 2.75) is 30.7 Å². The molecule has 134 valence electrons. The molecule has 1 unspecified atom stereocenters. The van der Waals surface area contributed by atoms with E-state index in [1.807, 2.05) is 6.92 Å². The number of rotatable bonds is 7. The first-order valence-corrected chi connectivity index (χ1v) is 10.9. The second kappa shape index (κ2) is 9.27. The predicted octanol–water partition coefficient (Wildman–Crippen LogP) is 2.05. The number of benzene rings is 1. The van der Waals surface area contributed by atoms with Crippen LogP contribution in [0, 0.1) is 5.82 Å². The molecule has 1 aromatic carbocycles. The Balaban J connectivity index is 1.73. The molecular weight excluding hydrogens is 349 g/mol. The molecular formula is C16H24FN3O2S2. The molecule has 0 spiro atoms. The number of guanidine groups is 1. The Morgan fingerprint density at radius 3 is 2.75 bits per heavy atom. The van der Waals surface area contributed by atoms with Crippen LogP contribution in [-0.4, -0.2) is 50.8 Å². The number of nitrogens with one attached hydrogen (secondary N) is 2. The first kappa shape index (κ1) is 19.1. The van der Waals surface area contributed by atoms with Gasteiger partial charge in [0, 0.05) is 24.0 Å². The van der Waals surface area contributed by atoms with E-state index < -0.39 is 9.84 Å². The van der Waals surface area contributed by atoms with E-state index in [4.69, 9.17) is 0 Å². The van der Waals surface area contributed by atoms with E-state index in [9.17, 15) is 12.8 Å². The maximum absolute atomic E-state index is 12.8. The van der Waals surface area contributed by atoms with Crippen molar-refractivity contribution < 1.29 is 12.8 Å². The fourth-order valence-corrected chi connectivity index (χ4v) is 4.91. The molecule has 1 saturated heterocycles. The second-order valence-corrected chi connectivity index (χ2v) is 9.06. The van der Waals surface area contributed by atoms with Crippen LogP contribution in [0.25, 0.3) is 0 Å². The molecule has 5 nitrogen and oxygen atoms in total. The van der Waals surface area contributed by atoms with Crippen LogP contribution in [0.4, 0.5) is 4.39 Å². The van der Waals surface area contributed by atoms with Gasteiger partial charge >= 0.3 is 0 Å². The van der Waals surface area contributed by atoms with Gasteiger partial charge < -0.3 is 10.6 Å². The summed E-state index contributed by atoms with van der Waals surface area (Å²) in [6.07, 6.45) is 1.52. The van der Waals surface area contributed by atoms with Crippen molar-refractivity contribution in [2.24, 2.45) is 4.99 Å². The summed E-state index contributed by atoms with van der Waals surface area (Å²) in [6, 6.07) is 6.42. The lowest BCUT2D eigenvalue weighted by Crippen LogP contribution is -2.44. The van der Waals surface area contributed by atoms with Crippen molar-refractivity contribution in [3.63, 3.8) is 0 Å². The zero-order valence-corrected chi connectivity index (χ0v) is 15.4. The average molecular weight is 374 g/mol. The van der Waals surface area contributed by atoms with Gasteiger partial charge in [0.1, 0.15) is 5.82 Å². The largest absolute Gasteiger partial charge is 0.357 e. The van der Waals surface area contributed by atoms with Crippen LogP contribution < -0.4 is 10.6 Å². The van der Waals surface area contributed by atoms with Crippen molar-refractivity contribution >= 4 is 27.6 Å². The molecule has 0 amide bonds. The first-order chi connectivity index (χ1) is 11.5. The van der Waals surface area contributed by atoms with E-state index in [2.05, 4.69) is 15.6 Å². The molecule has 0 aromatic heterocycles. The zero-order chi connectivity index (χ0) is 17.4. The Morgan fingerprint density at radius 2 is 2.12 bits per heavy atom. The standard InChI is InChI=1S/C16H24FN3O2S2/c1-2-18-16(20-14-8-11-24(21,22)12-14)19-9-3-10-23-15-6-4-13(17)5-7-15/h4-7,14H,2-3,8-12H2,1H3,(H2,18,19,20). The van der Waals surface area contributed by atoms with Crippen molar-refractivity contribution in [3.05, 3.63) is 30.1 Å². The molecule has 8 heteroatoms. The Bertz CT molecular complexity index is 648. The Kier molecular flexibility index (Phi) is 7.36. The summed E-state index contributed by atoms with van der Waals surface area (Å²) in [5, 5.41) is 6.35. The van der Waals surface area contributed by atoms with Gasteiger partial charge in [-0.1, -0.05) is 0 Å². The maximum atomic E-state index is 12.8. The minimum atomic E-state index is -2.89. The fourth-order valence-electron chi connectivity index (χ4n) is 2.40. The minimum absolute atomic E-state index is 0.0543. The molecule has 0 bridgehead atoms. The van der Waals surface area contributed by atoms with Gasteiger partial charge in [-0.25, -0.2) is 12.8 Å². The van der Waals surface area contributed by atoms with Gasteiger partial charge in [0.2, 0.25) is 0 Å². The van der Waals surface area contributed by atoms with Gasteiger partial charge in [0.05, 0.1) is 11.5 Å². The third kappa shape index (κ3) is 6.68. The van der Waals surface area contributed by atoms with Gasteiger partial charge in [-0.3, -0.25) is 4.99 Å². The molecule has 2 rings (SSSR count). The number of sulfone groups is 1. The highest BCUT2D eigenvalue weighted by molar-refractivity contribution is 7.99. The number of hydrogen-bond acceptors (Lipinski definition) is 4. The SMILES string of the molecule is CCNC(=NCCCSc1ccc(F)cc1)NC1CCS(=O)(=O)C1. The Morgan fingerprint density at radius 1 is 1.38 bits per heavy atom. The lowest BCUT2D eigenvalue weighted by molar-refractivity contribution is 0.599. The highest BCUT2D eigenvalue weighted by Gasteiger charge is 2.28. The van der Waals surface area contributed by atoms with E-state index in [1.165, 1.54) is 12.1 Å².